The number of phenols is 1. The molecule has 154 valence electrons. The minimum Gasteiger partial charge on any atom is -0.506 e. The maximum Gasteiger partial charge on any atom is 0.135 e. The fourth-order valence-corrected chi connectivity index (χ4v) is 5.09. The summed E-state index contributed by atoms with van der Waals surface area (Å²) in [5.74, 6) is 7.66. The fraction of sp³-hybridized carbons (Fsp3) is 0.481. The molecule has 1 aliphatic rings. The van der Waals surface area contributed by atoms with E-state index in [4.69, 9.17) is 0 Å². The number of aromatic hydroxyl groups is 1. The molecule has 1 N–H and O–H groups in total. The predicted octanol–water partition coefficient (Wildman–Crippen LogP) is 7.44. The van der Waals surface area contributed by atoms with Crippen molar-refractivity contribution in [1.82, 2.24) is 0 Å². The van der Waals surface area contributed by atoms with Gasteiger partial charge in [-0.2, -0.15) is 11.8 Å². The molecule has 0 radical (unpaired) electrons. The summed E-state index contributed by atoms with van der Waals surface area (Å²) in [4.78, 5) is 0. The third-order valence-corrected chi connectivity index (χ3v) is 7.12. The van der Waals surface area contributed by atoms with Gasteiger partial charge in [0.05, 0.1) is 5.56 Å². The molecule has 3 rings (SSSR count). The molecule has 0 saturated heterocycles. The van der Waals surface area contributed by atoms with Crippen LogP contribution in [0, 0.1) is 11.8 Å². The van der Waals surface area contributed by atoms with Crippen LogP contribution >= 0.6 is 11.8 Å². The summed E-state index contributed by atoms with van der Waals surface area (Å²) < 4.78 is 0. The first kappa shape index (κ1) is 21.8. The van der Waals surface area contributed by atoms with E-state index in [1.54, 1.807) is 0 Å². The van der Waals surface area contributed by atoms with Crippen molar-refractivity contribution in [2.75, 3.05) is 0 Å². The molecule has 2 heteroatoms. The zero-order valence-electron chi connectivity index (χ0n) is 18.1. The highest BCUT2D eigenvalue weighted by atomic mass is 32.2. The second-order valence-electron chi connectivity index (χ2n) is 9.18. The molecular weight excluding hydrogens is 372 g/mol. The van der Waals surface area contributed by atoms with Gasteiger partial charge in [-0.1, -0.05) is 89.0 Å². The Labute approximate surface area is 181 Å². The van der Waals surface area contributed by atoms with Crippen molar-refractivity contribution in [3.8, 4) is 17.6 Å². The third kappa shape index (κ3) is 6.58. The van der Waals surface area contributed by atoms with Gasteiger partial charge in [0.15, 0.2) is 0 Å². The number of hydrogen-bond donors (Lipinski definition) is 1. The Kier molecular flexibility index (Phi) is 7.73. The predicted molar refractivity (Wildman–Crippen MR) is 127 cm³/mol. The third-order valence-electron chi connectivity index (χ3n) is 5.70. The second-order valence-corrected chi connectivity index (χ2v) is 10.5. The largest absolute Gasteiger partial charge is 0.506 e. The van der Waals surface area contributed by atoms with E-state index >= 15 is 0 Å². The Balaban J connectivity index is 1.84. The van der Waals surface area contributed by atoms with Gasteiger partial charge in [-0.15, -0.1) is 0 Å². The Bertz CT molecular complexity index is 844. The van der Waals surface area contributed by atoms with E-state index in [2.05, 4.69) is 44.7 Å². The number of benzene rings is 2. The number of phenolic OH excluding ortho intramolecular Hbond substituents is 1. The van der Waals surface area contributed by atoms with E-state index in [1.807, 2.05) is 42.1 Å². The lowest BCUT2D eigenvalue weighted by molar-refractivity contribution is 0.467. The van der Waals surface area contributed by atoms with Crippen molar-refractivity contribution in [3.63, 3.8) is 0 Å². The van der Waals surface area contributed by atoms with E-state index in [9.17, 15) is 5.11 Å². The summed E-state index contributed by atoms with van der Waals surface area (Å²) in [6, 6.07) is 14.2. The molecule has 1 fully saturated rings. The van der Waals surface area contributed by atoms with Crippen LogP contribution in [0.3, 0.4) is 0 Å². The zero-order valence-corrected chi connectivity index (χ0v) is 18.9. The number of hydrogen-bond acceptors (Lipinski definition) is 2. The van der Waals surface area contributed by atoms with Crippen molar-refractivity contribution in [2.45, 2.75) is 82.1 Å². The van der Waals surface area contributed by atoms with Gasteiger partial charge in [-0.3, -0.25) is 0 Å². The SMILES string of the molecule is CC(C)(C)c1cc(C#Cc2ccccc2)c(O)c(CSC2CCCCCCC2)c1. The normalized spacial score (nSPS) is 15.8. The molecule has 0 aromatic heterocycles. The van der Waals surface area contributed by atoms with Gasteiger partial charge in [0.1, 0.15) is 5.75 Å². The summed E-state index contributed by atoms with van der Waals surface area (Å²) in [7, 11) is 0. The standard InChI is InChI=1S/C27H34OS/c1-27(2,3)24-18-22(17-16-21-12-8-7-9-13-21)26(28)23(19-24)20-29-25-14-10-5-4-6-11-15-25/h7-9,12-13,18-19,25,28H,4-6,10-11,14-15,20H2,1-3H3. The van der Waals surface area contributed by atoms with Crippen LogP contribution in [0.25, 0.3) is 0 Å². The van der Waals surface area contributed by atoms with E-state index < -0.39 is 0 Å². The van der Waals surface area contributed by atoms with Gasteiger partial charge in [0.25, 0.3) is 0 Å². The quantitative estimate of drug-likeness (QED) is 0.535. The Morgan fingerprint density at radius 3 is 2.24 bits per heavy atom. The lowest BCUT2D eigenvalue weighted by atomic mass is 9.85. The summed E-state index contributed by atoms with van der Waals surface area (Å²) in [6.45, 7) is 6.67. The first-order valence-corrected chi connectivity index (χ1v) is 12.0. The van der Waals surface area contributed by atoms with Crippen LogP contribution in [0.1, 0.15) is 88.0 Å². The van der Waals surface area contributed by atoms with Crippen molar-refractivity contribution in [1.29, 1.82) is 0 Å². The molecule has 0 heterocycles. The molecular formula is C27H34OS. The summed E-state index contributed by atoms with van der Waals surface area (Å²) >= 11 is 2.02. The second kappa shape index (κ2) is 10.3. The molecule has 0 bridgehead atoms. The molecule has 1 aliphatic carbocycles. The molecule has 2 aromatic carbocycles. The van der Waals surface area contributed by atoms with Crippen molar-refractivity contribution >= 4 is 11.8 Å². The maximum absolute atomic E-state index is 11.0. The van der Waals surface area contributed by atoms with Crippen LogP contribution in [-0.4, -0.2) is 10.4 Å². The van der Waals surface area contributed by atoms with E-state index in [1.165, 1.54) is 50.5 Å². The lowest BCUT2D eigenvalue weighted by Gasteiger charge is -2.23. The fourth-order valence-electron chi connectivity index (χ4n) is 3.79. The van der Waals surface area contributed by atoms with Crippen molar-refractivity contribution in [3.05, 3.63) is 64.7 Å². The average molecular weight is 407 g/mol. The summed E-state index contributed by atoms with van der Waals surface area (Å²) in [5, 5.41) is 11.7. The minimum atomic E-state index is 0.0243. The van der Waals surface area contributed by atoms with E-state index in [0.29, 0.717) is 11.0 Å². The van der Waals surface area contributed by atoms with Gasteiger partial charge in [-0.25, -0.2) is 0 Å². The topological polar surface area (TPSA) is 20.2 Å². The first-order chi connectivity index (χ1) is 13.9. The molecule has 2 aromatic rings. The smallest absolute Gasteiger partial charge is 0.135 e. The average Bonchev–Trinajstić information content (AvgIpc) is 2.67. The van der Waals surface area contributed by atoms with Crippen LogP contribution in [0.4, 0.5) is 0 Å². The minimum absolute atomic E-state index is 0.0243. The highest BCUT2D eigenvalue weighted by Crippen LogP contribution is 2.36. The Hall–Kier alpha value is -1.85. The van der Waals surface area contributed by atoms with Crippen LogP contribution in [0.5, 0.6) is 5.75 Å². The first-order valence-electron chi connectivity index (χ1n) is 11.0. The highest BCUT2D eigenvalue weighted by molar-refractivity contribution is 7.99. The molecule has 0 spiro atoms. The van der Waals surface area contributed by atoms with Crippen molar-refractivity contribution < 1.29 is 5.11 Å². The Morgan fingerprint density at radius 2 is 1.59 bits per heavy atom. The van der Waals surface area contributed by atoms with Crippen LogP contribution in [0.15, 0.2) is 42.5 Å². The van der Waals surface area contributed by atoms with E-state index in [-0.39, 0.29) is 5.41 Å². The van der Waals surface area contributed by atoms with Gasteiger partial charge in [-0.05, 0) is 42.0 Å². The van der Waals surface area contributed by atoms with Crippen LogP contribution < -0.4 is 0 Å². The monoisotopic (exact) mass is 406 g/mol. The van der Waals surface area contributed by atoms with Crippen molar-refractivity contribution in [2.24, 2.45) is 0 Å². The van der Waals surface area contributed by atoms with Gasteiger partial charge in [0, 0.05) is 22.1 Å². The molecule has 29 heavy (non-hydrogen) atoms. The van der Waals surface area contributed by atoms with Gasteiger partial charge < -0.3 is 5.11 Å². The summed E-state index contributed by atoms with van der Waals surface area (Å²) in [5.41, 5.74) is 4.01. The number of thioether (sulfide) groups is 1. The van der Waals surface area contributed by atoms with E-state index in [0.717, 1.165) is 22.4 Å². The molecule has 0 amide bonds. The Morgan fingerprint density at radius 1 is 0.931 bits per heavy atom. The molecule has 1 saturated carbocycles. The van der Waals surface area contributed by atoms with Gasteiger partial charge >= 0.3 is 0 Å². The lowest BCUT2D eigenvalue weighted by Crippen LogP contribution is -2.12. The molecule has 0 atom stereocenters. The number of rotatable bonds is 3. The highest BCUT2D eigenvalue weighted by Gasteiger charge is 2.19. The molecule has 0 unspecified atom stereocenters. The molecule has 0 aliphatic heterocycles. The van der Waals surface area contributed by atoms with Gasteiger partial charge in [0.2, 0.25) is 0 Å². The van der Waals surface area contributed by atoms with Crippen LogP contribution in [-0.2, 0) is 11.2 Å². The van der Waals surface area contributed by atoms with Crippen LogP contribution in [0.2, 0.25) is 0 Å². The zero-order chi connectivity index (χ0) is 20.7. The summed E-state index contributed by atoms with van der Waals surface area (Å²) in [6.07, 6.45) is 9.46. The maximum atomic E-state index is 11.0. The molecule has 1 nitrogen and oxygen atoms in total.